The predicted octanol–water partition coefficient (Wildman–Crippen LogP) is 4.65. The van der Waals surface area contributed by atoms with Gasteiger partial charge in [-0.15, -0.1) is 0 Å². The Morgan fingerprint density at radius 1 is 1.06 bits per heavy atom. The number of nitrogens with one attached hydrogen (secondary N) is 1. The summed E-state index contributed by atoms with van der Waals surface area (Å²) in [4.78, 5) is 10.1. The molecule has 6 heteroatoms. The van der Waals surface area contributed by atoms with Gasteiger partial charge in [-0.05, 0) is 30.3 Å². The molecule has 2 aromatic carbocycles. The van der Waals surface area contributed by atoms with E-state index in [1.807, 2.05) is 0 Å². The molecular weight excluding hydrogens is 275 g/mol. The molecule has 0 unspecified atom stereocenters. The molecule has 0 aromatic heterocycles. The van der Waals surface area contributed by atoms with Crippen LogP contribution in [0, 0.1) is 10.1 Å². The van der Waals surface area contributed by atoms with Crippen LogP contribution in [0.5, 0.6) is 0 Å². The lowest BCUT2D eigenvalue weighted by molar-refractivity contribution is -0.384. The van der Waals surface area contributed by atoms with Crippen LogP contribution in [0.1, 0.15) is 0 Å². The second-order valence-corrected chi connectivity index (χ2v) is 4.40. The van der Waals surface area contributed by atoms with Crippen LogP contribution in [0.15, 0.2) is 42.5 Å². The number of nitrogens with zero attached hydrogens (tertiary/aromatic N) is 1. The number of halogens is 2. The number of hydrogen-bond acceptors (Lipinski definition) is 3. The van der Waals surface area contributed by atoms with Crippen molar-refractivity contribution < 1.29 is 4.92 Å². The average Bonchev–Trinajstić information content (AvgIpc) is 2.34. The van der Waals surface area contributed by atoms with Crippen LogP contribution in [-0.2, 0) is 0 Å². The van der Waals surface area contributed by atoms with Crippen molar-refractivity contribution >= 4 is 40.3 Å². The maximum Gasteiger partial charge on any atom is 0.271 e. The third kappa shape index (κ3) is 2.91. The molecule has 0 atom stereocenters. The Labute approximate surface area is 113 Å². The Hall–Kier alpha value is -1.78. The fraction of sp³-hybridized carbons (Fsp3) is 0. The SMILES string of the molecule is O=[N+]([O-])c1ccc(Nc2ccc(Cl)cc2)c(Cl)c1. The summed E-state index contributed by atoms with van der Waals surface area (Å²) in [7, 11) is 0. The lowest BCUT2D eigenvalue weighted by Crippen LogP contribution is -1.93. The van der Waals surface area contributed by atoms with Crippen molar-refractivity contribution in [3.8, 4) is 0 Å². The molecule has 0 aliphatic heterocycles. The molecule has 0 heterocycles. The lowest BCUT2D eigenvalue weighted by atomic mass is 10.2. The Bertz CT molecular complexity index is 585. The van der Waals surface area contributed by atoms with Crippen molar-refractivity contribution in [2.24, 2.45) is 0 Å². The summed E-state index contributed by atoms with van der Waals surface area (Å²) in [6, 6.07) is 11.3. The molecule has 0 bridgehead atoms. The van der Waals surface area contributed by atoms with Crippen molar-refractivity contribution in [2.75, 3.05) is 5.32 Å². The van der Waals surface area contributed by atoms with Gasteiger partial charge in [-0.1, -0.05) is 23.2 Å². The van der Waals surface area contributed by atoms with Crippen LogP contribution >= 0.6 is 23.2 Å². The van der Waals surface area contributed by atoms with Gasteiger partial charge in [0, 0.05) is 22.8 Å². The maximum atomic E-state index is 10.6. The highest BCUT2D eigenvalue weighted by atomic mass is 35.5. The van der Waals surface area contributed by atoms with E-state index in [0.717, 1.165) is 5.69 Å². The van der Waals surface area contributed by atoms with Crippen molar-refractivity contribution in [1.82, 2.24) is 0 Å². The Balaban J connectivity index is 2.24. The van der Waals surface area contributed by atoms with E-state index in [1.54, 1.807) is 30.3 Å². The first-order valence-electron chi connectivity index (χ1n) is 5.03. The molecule has 2 rings (SSSR count). The summed E-state index contributed by atoms with van der Waals surface area (Å²) in [5.41, 5.74) is 1.36. The van der Waals surface area contributed by atoms with Gasteiger partial charge in [0.15, 0.2) is 0 Å². The summed E-state index contributed by atoms with van der Waals surface area (Å²) in [5, 5.41) is 14.5. The molecule has 0 saturated carbocycles. The summed E-state index contributed by atoms with van der Waals surface area (Å²) in [6.07, 6.45) is 0. The fourth-order valence-electron chi connectivity index (χ4n) is 1.41. The van der Waals surface area contributed by atoms with Crippen LogP contribution in [0.25, 0.3) is 0 Å². The molecular formula is C12H8Cl2N2O2. The first-order valence-corrected chi connectivity index (χ1v) is 5.78. The summed E-state index contributed by atoms with van der Waals surface area (Å²) < 4.78 is 0. The molecule has 2 aromatic rings. The zero-order chi connectivity index (χ0) is 13.1. The van der Waals surface area contributed by atoms with E-state index in [2.05, 4.69) is 5.32 Å². The number of non-ortho nitro benzene ring substituents is 1. The second kappa shape index (κ2) is 5.25. The minimum atomic E-state index is -0.488. The van der Waals surface area contributed by atoms with Gasteiger partial charge in [0.1, 0.15) is 0 Å². The van der Waals surface area contributed by atoms with E-state index < -0.39 is 4.92 Å². The Morgan fingerprint density at radius 2 is 1.72 bits per heavy atom. The van der Waals surface area contributed by atoms with Gasteiger partial charge in [0.2, 0.25) is 0 Å². The second-order valence-electron chi connectivity index (χ2n) is 3.55. The van der Waals surface area contributed by atoms with Crippen molar-refractivity contribution in [3.63, 3.8) is 0 Å². The van der Waals surface area contributed by atoms with Crippen LogP contribution in [0.3, 0.4) is 0 Å². The van der Waals surface area contributed by atoms with E-state index in [-0.39, 0.29) is 5.69 Å². The third-order valence-electron chi connectivity index (χ3n) is 2.29. The molecule has 0 amide bonds. The van der Waals surface area contributed by atoms with E-state index in [1.165, 1.54) is 12.1 Å². The largest absolute Gasteiger partial charge is 0.354 e. The summed E-state index contributed by atoms with van der Waals surface area (Å²) in [6.45, 7) is 0. The first-order chi connectivity index (χ1) is 8.56. The molecule has 0 radical (unpaired) electrons. The van der Waals surface area contributed by atoms with Crippen LogP contribution in [-0.4, -0.2) is 4.92 Å². The van der Waals surface area contributed by atoms with E-state index in [9.17, 15) is 10.1 Å². The summed E-state index contributed by atoms with van der Waals surface area (Å²) >= 11 is 11.7. The average molecular weight is 283 g/mol. The molecule has 0 saturated heterocycles. The molecule has 18 heavy (non-hydrogen) atoms. The van der Waals surface area contributed by atoms with Crippen LogP contribution in [0.2, 0.25) is 10.0 Å². The number of benzene rings is 2. The normalized spacial score (nSPS) is 10.1. The zero-order valence-electron chi connectivity index (χ0n) is 9.06. The standard InChI is InChI=1S/C12H8Cl2N2O2/c13-8-1-3-9(4-2-8)15-12-6-5-10(16(17)18)7-11(12)14/h1-7,15H. The highest BCUT2D eigenvalue weighted by molar-refractivity contribution is 6.33. The summed E-state index contributed by atoms with van der Waals surface area (Å²) in [5.74, 6) is 0. The lowest BCUT2D eigenvalue weighted by Gasteiger charge is -2.08. The molecule has 1 N–H and O–H groups in total. The number of hydrogen-bond donors (Lipinski definition) is 1. The molecule has 0 aliphatic carbocycles. The van der Waals surface area contributed by atoms with Crippen LogP contribution < -0.4 is 5.32 Å². The maximum absolute atomic E-state index is 10.6. The smallest absolute Gasteiger partial charge is 0.271 e. The van der Waals surface area contributed by atoms with Gasteiger partial charge in [-0.25, -0.2) is 0 Å². The van der Waals surface area contributed by atoms with Gasteiger partial charge in [0.25, 0.3) is 5.69 Å². The van der Waals surface area contributed by atoms with E-state index in [4.69, 9.17) is 23.2 Å². The number of nitro groups is 1. The Kier molecular flexibility index (Phi) is 3.69. The quantitative estimate of drug-likeness (QED) is 0.659. The molecule has 0 fully saturated rings. The van der Waals surface area contributed by atoms with Crippen molar-refractivity contribution in [3.05, 3.63) is 62.6 Å². The van der Waals surface area contributed by atoms with Gasteiger partial charge in [0.05, 0.1) is 15.6 Å². The number of rotatable bonds is 3. The number of nitro benzene ring substituents is 1. The van der Waals surface area contributed by atoms with Gasteiger partial charge < -0.3 is 5.32 Å². The molecule has 0 spiro atoms. The monoisotopic (exact) mass is 282 g/mol. The van der Waals surface area contributed by atoms with Gasteiger partial charge >= 0.3 is 0 Å². The Morgan fingerprint density at radius 3 is 2.28 bits per heavy atom. The molecule has 0 aliphatic rings. The van der Waals surface area contributed by atoms with E-state index in [0.29, 0.717) is 15.7 Å². The zero-order valence-corrected chi connectivity index (χ0v) is 10.6. The highest BCUT2D eigenvalue weighted by Crippen LogP contribution is 2.29. The van der Waals surface area contributed by atoms with Crippen LogP contribution in [0.4, 0.5) is 17.1 Å². The van der Waals surface area contributed by atoms with Gasteiger partial charge in [-0.2, -0.15) is 0 Å². The van der Waals surface area contributed by atoms with E-state index >= 15 is 0 Å². The first kappa shape index (κ1) is 12.7. The topological polar surface area (TPSA) is 55.2 Å². The van der Waals surface area contributed by atoms with Crippen molar-refractivity contribution in [2.45, 2.75) is 0 Å². The molecule has 4 nitrogen and oxygen atoms in total. The van der Waals surface area contributed by atoms with Gasteiger partial charge in [-0.3, -0.25) is 10.1 Å². The fourth-order valence-corrected chi connectivity index (χ4v) is 1.76. The third-order valence-corrected chi connectivity index (χ3v) is 2.85. The predicted molar refractivity (Wildman–Crippen MR) is 72.8 cm³/mol. The molecule has 92 valence electrons. The minimum Gasteiger partial charge on any atom is -0.354 e. The highest BCUT2D eigenvalue weighted by Gasteiger charge is 2.09. The number of anilines is 2. The minimum absolute atomic E-state index is 0.0401. The van der Waals surface area contributed by atoms with Crippen molar-refractivity contribution in [1.29, 1.82) is 0 Å².